The lowest BCUT2D eigenvalue weighted by Crippen LogP contribution is -2.41. The fraction of sp³-hybridized carbons (Fsp3) is 0.400. The second-order valence-corrected chi connectivity index (χ2v) is 4.67. The number of ketones is 1. The molecule has 1 atom stereocenters. The lowest BCUT2D eigenvalue weighted by molar-refractivity contribution is -0.137. The van der Waals surface area contributed by atoms with Crippen LogP contribution < -0.4 is 5.32 Å². The maximum atomic E-state index is 11.7. The second-order valence-electron chi connectivity index (χ2n) is 4.67. The molecule has 0 fully saturated rings. The number of hydrogen-bond acceptors (Lipinski definition) is 3. The minimum absolute atomic E-state index is 0.0448. The molecule has 0 aromatic heterocycles. The van der Waals surface area contributed by atoms with E-state index in [0.29, 0.717) is 6.42 Å². The van der Waals surface area contributed by atoms with Crippen LogP contribution in [0.2, 0.25) is 0 Å². The molecule has 1 rings (SSSR count). The number of carboxylic acids is 1. The number of carbonyl (C=O) groups is 3. The van der Waals surface area contributed by atoms with Gasteiger partial charge in [-0.1, -0.05) is 30.3 Å². The van der Waals surface area contributed by atoms with Crippen molar-refractivity contribution in [3.05, 3.63) is 35.9 Å². The van der Waals surface area contributed by atoms with E-state index >= 15 is 0 Å². The first-order valence-corrected chi connectivity index (χ1v) is 6.54. The van der Waals surface area contributed by atoms with Gasteiger partial charge >= 0.3 is 5.97 Å². The zero-order valence-corrected chi connectivity index (χ0v) is 11.5. The Morgan fingerprint density at radius 2 is 1.80 bits per heavy atom. The van der Waals surface area contributed by atoms with Crippen LogP contribution in [0.4, 0.5) is 0 Å². The quantitative estimate of drug-likeness (QED) is 0.755. The third kappa shape index (κ3) is 6.13. The summed E-state index contributed by atoms with van der Waals surface area (Å²) in [5.74, 6) is -1.33. The third-order valence-corrected chi connectivity index (χ3v) is 2.90. The summed E-state index contributed by atoms with van der Waals surface area (Å²) in [6, 6.07) is 8.87. The molecule has 5 nitrogen and oxygen atoms in total. The van der Waals surface area contributed by atoms with Gasteiger partial charge in [-0.15, -0.1) is 0 Å². The van der Waals surface area contributed by atoms with Crippen molar-refractivity contribution in [2.45, 2.75) is 38.6 Å². The number of Topliss-reactive ketones (excluding diaryl/α,β-unsaturated/α-hetero) is 1. The molecule has 0 heterocycles. The van der Waals surface area contributed by atoms with Gasteiger partial charge in [-0.3, -0.25) is 14.4 Å². The Balaban J connectivity index is 2.49. The normalized spacial score (nSPS) is 11.7. The van der Waals surface area contributed by atoms with Crippen LogP contribution >= 0.6 is 0 Å². The lowest BCUT2D eigenvalue weighted by Gasteiger charge is -2.16. The Hall–Kier alpha value is -2.17. The molecule has 0 saturated carbocycles. The molecule has 1 aromatic carbocycles. The molecule has 0 spiro atoms. The predicted octanol–water partition coefficient (Wildman–Crippen LogP) is 1.56. The summed E-state index contributed by atoms with van der Waals surface area (Å²) in [5, 5.41) is 11.2. The smallest absolute Gasteiger partial charge is 0.303 e. The van der Waals surface area contributed by atoms with Crippen molar-refractivity contribution in [1.82, 2.24) is 5.32 Å². The minimum atomic E-state index is -0.926. The fourth-order valence-electron chi connectivity index (χ4n) is 1.81. The van der Waals surface area contributed by atoms with E-state index < -0.39 is 12.0 Å². The molecule has 0 aliphatic carbocycles. The van der Waals surface area contributed by atoms with Gasteiger partial charge in [-0.05, 0) is 25.3 Å². The minimum Gasteiger partial charge on any atom is -0.481 e. The van der Waals surface area contributed by atoms with Gasteiger partial charge in [0.2, 0.25) is 5.91 Å². The van der Waals surface area contributed by atoms with E-state index in [0.717, 1.165) is 5.56 Å². The standard InChI is InChI=1S/C15H19NO4/c1-11(17)13(10-12-6-3-2-4-7-12)16-14(18)8-5-9-15(19)20/h2-4,6-7,13H,5,8-10H2,1H3,(H,16,18)(H,19,20). The Bertz CT molecular complexity index is 470. The second kappa shape index (κ2) is 8.09. The van der Waals surface area contributed by atoms with E-state index in [1.807, 2.05) is 30.3 Å². The van der Waals surface area contributed by atoms with Gasteiger partial charge in [0.1, 0.15) is 0 Å². The van der Waals surface area contributed by atoms with E-state index in [2.05, 4.69) is 5.32 Å². The fourth-order valence-corrected chi connectivity index (χ4v) is 1.81. The van der Waals surface area contributed by atoms with Crippen molar-refractivity contribution in [2.24, 2.45) is 0 Å². The molecule has 0 radical (unpaired) electrons. The maximum absolute atomic E-state index is 11.7. The van der Waals surface area contributed by atoms with Crippen molar-refractivity contribution in [3.63, 3.8) is 0 Å². The predicted molar refractivity (Wildman–Crippen MR) is 74.2 cm³/mol. The highest BCUT2D eigenvalue weighted by atomic mass is 16.4. The van der Waals surface area contributed by atoms with Crippen molar-refractivity contribution in [2.75, 3.05) is 0 Å². The average Bonchev–Trinajstić information content (AvgIpc) is 2.38. The number of benzene rings is 1. The van der Waals surface area contributed by atoms with Crippen LogP contribution in [0.3, 0.4) is 0 Å². The van der Waals surface area contributed by atoms with E-state index in [-0.39, 0.29) is 31.0 Å². The first kappa shape index (κ1) is 15.9. The molecule has 2 N–H and O–H groups in total. The molecule has 1 amide bonds. The van der Waals surface area contributed by atoms with Gasteiger partial charge in [-0.25, -0.2) is 0 Å². The molecular formula is C15H19NO4. The van der Waals surface area contributed by atoms with Crippen LogP contribution in [0.25, 0.3) is 0 Å². The average molecular weight is 277 g/mol. The zero-order chi connectivity index (χ0) is 15.0. The van der Waals surface area contributed by atoms with Gasteiger partial charge in [0.15, 0.2) is 5.78 Å². The highest BCUT2D eigenvalue weighted by molar-refractivity contribution is 5.87. The maximum Gasteiger partial charge on any atom is 0.303 e. The van der Waals surface area contributed by atoms with Gasteiger partial charge in [0, 0.05) is 12.8 Å². The van der Waals surface area contributed by atoms with Crippen molar-refractivity contribution < 1.29 is 19.5 Å². The van der Waals surface area contributed by atoms with E-state index in [9.17, 15) is 14.4 Å². The molecule has 0 aliphatic rings. The van der Waals surface area contributed by atoms with Gasteiger partial charge in [0.25, 0.3) is 0 Å². The highest BCUT2D eigenvalue weighted by Crippen LogP contribution is 2.05. The number of amides is 1. The Morgan fingerprint density at radius 3 is 2.35 bits per heavy atom. The topological polar surface area (TPSA) is 83.5 Å². The first-order chi connectivity index (χ1) is 9.49. The monoisotopic (exact) mass is 277 g/mol. The summed E-state index contributed by atoms with van der Waals surface area (Å²) >= 11 is 0. The first-order valence-electron chi connectivity index (χ1n) is 6.54. The Morgan fingerprint density at radius 1 is 1.15 bits per heavy atom. The number of nitrogens with one attached hydrogen (secondary N) is 1. The van der Waals surface area contributed by atoms with Crippen LogP contribution in [0, 0.1) is 0 Å². The Kier molecular flexibility index (Phi) is 6.43. The summed E-state index contributed by atoms with van der Waals surface area (Å²) in [7, 11) is 0. The molecular weight excluding hydrogens is 258 g/mol. The number of carboxylic acid groups (broad SMARTS) is 1. The van der Waals surface area contributed by atoms with Crippen LogP contribution in [0.1, 0.15) is 31.7 Å². The summed E-state index contributed by atoms with van der Waals surface area (Å²) < 4.78 is 0. The lowest BCUT2D eigenvalue weighted by atomic mass is 10.0. The van der Waals surface area contributed by atoms with Gasteiger partial charge in [-0.2, -0.15) is 0 Å². The SMILES string of the molecule is CC(=O)C(Cc1ccccc1)NC(=O)CCCC(=O)O. The molecule has 0 aliphatic heterocycles. The van der Waals surface area contributed by atoms with Crippen molar-refractivity contribution >= 4 is 17.7 Å². The van der Waals surface area contributed by atoms with Gasteiger partial charge in [0.05, 0.1) is 6.04 Å². The van der Waals surface area contributed by atoms with Crippen molar-refractivity contribution in [3.8, 4) is 0 Å². The zero-order valence-electron chi connectivity index (χ0n) is 11.5. The van der Waals surface area contributed by atoms with Crippen LogP contribution in [0.15, 0.2) is 30.3 Å². The molecule has 1 aromatic rings. The largest absolute Gasteiger partial charge is 0.481 e. The van der Waals surface area contributed by atoms with E-state index in [1.54, 1.807) is 0 Å². The molecule has 108 valence electrons. The van der Waals surface area contributed by atoms with Crippen LogP contribution in [-0.4, -0.2) is 28.8 Å². The number of carbonyl (C=O) groups excluding carboxylic acids is 2. The van der Waals surface area contributed by atoms with Crippen molar-refractivity contribution in [1.29, 1.82) is 0 Å². The highest BCUT2D eigenvalue weighted by Gasteiger charge is 2.17. The third-order valence-electron chi connectivity index (χ3n) is 2.90. The van der Waals surface area contributed by atoms with E-state index in [4.69, 9.17) is 5.11 Å². The molecule has 5 heteroatoms. The number of hydrogen-bond donors (Lipinski definition) is 2. The van der Waals surface area contributed by atoms with Crippen LogP contribution in [-0.2, 0) is 20.8 Å². The summed E-state index contributed by atoms with van der Waals surface area (Å²) in [6.07, 6.45) is 0.791. The summed E-state index contributed by atoms with van der Waals surface area (Å²) in [4.78, 5) is 33.6. The van der Waals surface area contributed by atoms with E-state index in [1.165, 1.54) is 6.92 Å². The molecule has 20 heavy (non-hydrogen) atoms. The Labute approximate surface area is 118 Å². The van der Waals surface area contributed by atoms with Crippen LogP contribution in [0.5, 0.6) is 0 Å². The molecule has 1 unspecified atom stereocenters. The number of aliphatic carboxylic acids is 1. The summed E-state index contributed by atoms with van der Waals surface area (Å²) in [5.41, 5.74) is 0.971. The summed E-state index contributed by atoms with van der Waals surface area (Å²) in [6.45, 7) is 1.44. The number of rotatable bonds is 8. The van der Waals surface area contributed by atoms with Gasteiger partial charge < -0.3 is 10.4 Å². The molecule has 0 saturated heterocycles. The molecule has 0 bridgehead atoms.